The van der Waals surface area contributed by atoms with Crippen molar-refractivity contribution in [2.75, 3.05) is 0 Å². The molecule has 1 amide bonds. The Hall–Kier alpha value is -3.74. The number of hydrogen-bond donors (Lipinski definition) is 1. The van der Waals surface area contributed by atoms with Crippen LogP contribution >= 0.6 is 0 Å². The Kier molecular flexibility index (Phi) is 5.43. The van der Waals surface area contributed by atoms with Crippen molar-refractivity contribution < 1.29 is 23.1 Å². The Morgan fingerprint density at radius 1 is 1.07 bits per heavy atom. The second-order valence-corrected chi connectivity index (χ2v) is 6.89. The van der Waals surface area contributed by atoms with Gasteiger partial charge in [0.05, 0.1) is 11.3 Å². The maximum atomic E-state index is 13.8. The summed E-state index contributed by atoms with van der Waals surface area (Å²) in [4.78, 5) is 24.8. The zero-order valence-electron chi connectivity index (χ0n) is 16.3. The van der Waals surface area contributed by atoms with E-state index in [0.717, 1.165) is 6.42 Å². The molecule has 0 aliphatic heterocycles. The molecular formula is C23H19FN2O4. The Morgan fingerprint density at radius 3 is 2.57 bits per heavy atom. The van der Waals surface area contributed by atoms with Crippen molar-refractivity contribution in [3.63, 3.8) is 0 Å². The summed E-state index contributed by atoms with van der Waals surface area (Å²) in [5, 5.41) is 4.20. The third-order valence-electron chi connectivity index (χ3n) is 4.88. The van der Waals surface area contributed by atoms with E-state index in [2.05, 4.69) is 10.5 Å². The van der Waals surface area contributed by atoms with Crippen LogP contribution in [0.25, 0.3) is 0 Å². The highest BCUT2D eigenvalue weighted by molar-refractivity contribution is 6.06. The SMILES string of the molecule is Cc1c(C(=O)Oc2ccccc2)oc2c1/C(=N/NC(=O)c1ccccc1F)CCC2. The lowest BCUT2D eigenvalue weighted by Crippen LogP contribution is -2.23. The fraction of sp³-hybridized carbons (Fsp3) is 0.174. The molecule has 0 spiro atoms. The molecule has 1 heterocycles. The van der Waals surface area contributed by atoms with Crippen LogP contribution in [0.3, 0.4) is 0 Å². The van der Waals surface area contributed by atoms with E-state index in [1.54, 1.807) is 37.3 Å². The summed E-state index contributed by atoms with van der Waals surface area (Å²) >= 11 is 0. The first-order chi connectivity index (χ1) is 14.5. The Morgan fingerprint density at radius 2 is 1.80 bits per heavy atom. The summed E-state index contributed by atoms with van der Waals surface area (Å²) in [6.07, 6.45) is 1.99. The number of ether oxygens (including phenoxy) is 1. The van der Waals surface area contributed by atoms with Crippen LogP contribution < -0.4 is 10.2 Å². The average Bonchev–Trinajstić information content (AvgIpc) is 3.10. The molecule has 1 aliphatic carbocycles. The number of nitrogens with zero attached hydrogens (tertiary/aromatic N) is 1. The summed E-state index contributed by atoms with van der Waals surface area (Å²) in [5.74, 6) is -0.704. The number of furan rings is 1. The van der Waals surface area contributed by atoms with Crippen molar-refractivity contribution in [1.29, 1.82) is 0 Å². The van der Waals surface area contributed by atoms with Gasteiger partial charge < -0.3 is 9.15 Å². The minimum Gasteiger partial charge on any atom is -0.453 e. The lowest BCUT2D eigenvalue weighted by molar-refractivity contribution is 0.0698. The predicted octanol–water partition coefficient (Wildman–Crippen LogP) is 4.42. The summed E-state index contributed by atoms with van der Waals surface area (Å²) < 4.78 is 25.0. The van der Waals surface area contributed by atoms with Gasteiger partial charge in [0.25, 0.3) is 5.91 Å². The highest BCUT2D eigenvalue weighted by Gasteiger charge is 2.29. The predicted molar refractivity (Wildman–Crippen MR) is 108 cm³/mol. The van der Waals surface area contributed by atoms with E-state index < -0.39 is 17.7 Å². The smallest absolute Gasteiger partial charge is 0.379 e. The van der Waals surface area contributed by atoms with Gasteiger partial charge in [-0.2, -0.15) is 5.10 Å². The molecule has 0 saturated heterocycles. The Balaban J connectivity index is 1.58. The standard InChI is InChI=1S/C23H19FN2O4/c1-14-20-18(25-26-22(27)16-10-5-6-11-17(16)24)12-7-13-19(20)30-21(14)23(28)29-15-8-3-2-4-9-15/h2-6,8-11H,7,12-13H2,1H3,(H,26,27)/b25-18+. The highest BCUT2D eigenvalue weighted by atomic mass is 19.1. The van der Waals surface area contributed by atoms with Crippen molar-refractivity contribution in [2.45, 2.75) is 26.2 Å². The first-order valence-corrected chi connectivity index (χ1v) is 9.56. The number of fused-ring (bicyclic) bond motifs is 1. The molecule has 152 valence electrons. The van der Waals surface area contributed by atoms with Gasteiger partial charge in [-0.25, -0.2) is 14.6 Å². The molecule has 2 aromatic carbocycles. The molecule has 0 fully saturated rings. The molecule has 1 N–H and O–H groups in total. The molecular weight excluding hydrogens is 387 g/mol. The first-order valence-electron chi connectivity index (χ1n) is 9.56. The van der Waals surface area contributed by atoms with Gasteiger partial charge in [0.1, 0.15) is 17.3 Å². The van der Waals surface area contributed by atoms with E-state index >= 15 is 0 Å². The normalized spacial score (nSPS) is 14.3. The van der Waals surface area contributed by atoms with Crippen LogP contribution in [0.2, 0.25) is 0 Å². The molecule has 0 radical (unpaired) electrons. The van der Waals surface area contributed by atoms with E-state index in [1.165, 1.54) is 18.2 Å². The number of esters is 1. The number of carbonyl (C=O) groups is 2. The molecule has 1 aliphatic rings. The van der Waals surface area contributed by atoms with Gasteiger partial charge in [-0.1, -0.05) is 30.3 Å². The maximum absolute atomic E-state index is 13.8. The quantitative estimate of drug-likeness (QED) is 0.395. The topological polar surface area (TPSA) is 80.9 Å². The van der Waals surface area contributed by atoms with Crippen LogP contribution in [0.5, 0.6) is 5.75 Å². The van der Waals surface area contributed by atoms with E-state index in [0.29, 0.717) is 41.2 Å². The summed E-state index contributed by atoms with van der Waals surface area (Å²) in [5.41, 5.74) is 4.19. The van der Waals surface area contributed by atoms with Crippen LogP contribution in [0.4, 0.5) is 4.39 Å². The first kappa shape index (κ1) is 19.6. The molecule has 30 heavy (non-hydrogen) atoms. The molecule has 4 rings (SSSR count). The number of halogens is 1. The fourth-order valence-corrected chi connectivity index (χ4v) is 3.44. The van der Waals surface area contributed by atoms with Crippen molar-refractivity contribution in [3.05, 3.63) is 88.6 Å². The molecule has 6 nitrogen and oxygen atoms in total. The van der Waals surface area contributed by atoms with Crippen LogP contribution in [0.15, 0.2) is 64.1 Å². The Bertz CT molecular complexity index is 1140. The van der Waals surface area contributed by atoms with Crippen LogP contribution in [0.1, 0.15) is 50.6 Å². The van der Waals surface area contributed by atoms with Crippen molar-refractivity contribution in [1.82, 2.24) is 5.43 Å². The van der Waals surface area contributed by atoms with Gasteiger partial charge in [-0.05, 0) is 44.0 Å². The monoisotopic (exact) mass is 406 g/mol. The molecule has 0 bridgehead atoms. The average molecular weight is 406 g/mol. The third-order valence-corrected chi connectivity index (χ3v) is 4.88. The number of carbonyl (C=O) groups excluding carboxylic acids is 2. The summed E-state index contributed by atoms with van der Waals surface area (Å²) in [6, 6.07) is 14.4. The second-order valence-electron chi connectivity index (χ2n) is 6.89. The molecule has 1 aromatic heterocycles. The van der Waals surface area contributed by atoms with Gasteiger partial charge >= 0.3 is 5.97 Å². The van der Waals surface area contributed by atoms with Crippen molar-refractivity contribution >= 4 is 17.6 Å². The molecule has 0 unspecified atom stereocenters. The number of hydrazone groups is 1. The number of benzene rings is 2. The lowest BCUT2D eigenvalue weighted by atomic mass is 9.93. The number of rotatable bonds is 4. The Labute approximate surface area is 172 Å². The summed E-state index contributed by atoms with van der Waals surface area (Å²) in [7, 11) is 0. The van der Waals surface area contributed by atoms with Crippen LogP contribution in [0, 0.1) is 12.7 Å². The number of nitrogens with one attached hydrogen (secondary N) is 1. The third kappa shape index (κ3) is 3.87. The number of para-hydroxylation sites is 1. The largest absolute Gasteiger partial charge is 0.453 e. The minimum atomic E-state index is -0.641. The highest BCUT2D eigenvalue weighted by Crippen LogP contribution is 2.30. The number of aryl methyl sites for hydroxylation is 1. The molecule has 7 heteroatoms. The molecule has 0 saturated carbocycles. The van der Waals surface area contributed by atoms with E-state index in [9.17, 15) is 14.0 Å². The zero-order chi connectivity index (χ0) is 21.1. The van der Waals surface area contributed by atoms with Gasteiger partial charge in [-0.15, -0.1) is 0 Å². The molecule has 3 aromatic rings. The summed E-state index contributed by atoms with van der Waals surface area (Å²) in [6.45, 7) is 1.75. The van der Waals surface area contributed by atoms with E-state index in [1.807, 2.05) is 6.07 Å². The number of hydrogen-bond acceptors (Lipinski definition) is 5. The van der Waals surface area contributed by atoms with E-state index in [4.69, 9.17) is 9.15 Å². The maximum Gasteiger partial charge on any atom is 0.379 e. The van der Waals surface area contributed by atoms with Crippen molar-refractivity contribution in [3.8, 4) is 5.75 Å². The van der Waals surface area contributed by atoms with Crippen LogP contribution in [-0.4, -0.2) is 17.6 Å². The van der Waals surface area contributed by atoms with E-state index in [-0.39, 0.29) is 11.3 Å². The minimum absolute atomic E-state index is 0.0890. The zero-order valence-corrected chi connectivity index (χ0v) is 16.3. The second kappa shape index (κ2) is 8.32. The van der Waals surface area contributed by atoms with Gasteiger partial charge in [-0.3, -0.25) is 4.79 Å². The molecule has 0 atom stereocenters. The van der Waals surface area contributed by atoms with Gasteiger partial charge in [0.15, 0.2) is 0 Å². The number of amides is 1. The van der Waals surface area contributed by atoms with Gasteiger partial charge in [0, 0.05) is 17.5 Å². The van der Waals surface area contributed by atoms with Crippen LogP contribution in [-0.2, 0) is 6.42 Å². The lowest BCUT2D eigenvalue weighted by Gasteiger charge is -2.13. The fourth-order valence-electron chi connectivity index (χ4n) is 3.44. The van der Waals surface area contributed by atoms with Gasteiger partial charge in [0.2, 0.25) is 5.76 Å². The van der Waals surface area contributed by atoms with Crippen molar-refractivity contribution in [2.24, 2.45) is 5.10 Å².